The Labute approximate surface area is 116 Å². The third-order valence-corrected chi connectivity index (χ3v) is 3.74. The Morgan fingerprint density at radius 2 is 2.20 bits per heavy atom. The molecule has 1 atom stereocenters. The van der Waals surface area contributed by atoms with Gasteiger partial charge >= 0.3 is 6.18 Å². The van der Waals surface area contributed by atoms with E-state index in [0.29, 0.717) is 6.54 Å². The summed E-state index contributed by atoms with van der Waals surface area (Å²) < 4.78 is 37.7. The van der Waals surface area contributed by atoms with Gasteiger partial charge in [0.2, 0.25) is 5.95 Å². The molecule has 0 saturated carbocycles. The van der Waals surface area contributed by atoms with Gasteiger partial charge in [0.05, 0.1) is 0 Å². The first-order chi connectivity index (χ1) is 9.29. The minimum absolute atomic E-state index is 0.0167. The van der Waals surface area contributed by atoms with Crippen molar-refractivity contribution in [1.29, 1.82) is 0 Å². The first kappa shape index (κ1) is 15.0. The van der Waals surface area contributed by atoms with Gasteiger partial charge in [0.15, 0.2) is 0 Å². The van der Waals surface area contributed by atoms with Crippen LogP contribution in [0.3, 0.4) is 0 Å². The molecule has 2 heterocycles. The van der Waals surface area contributed by atoms with Crippen LogP contribution in [0.1, 0.15) is 32.4 Å². The van der Waals surface area contributed by atoms with Crippen LogP contribution in [0, 0.1) is 5.41 Å². The van der Waals surface area contributed by atoms with E-state index in [2.05, 4.69) is 34.4 Å². The molecule has 1 aliphatic rings. The van der Waals surface area contributed by atoms with Crippen LogP contribution in [0.15, 0.2) is 12.3 Å². The summed E-state index contributed by atoms with van der Waals surface area (Å²) in [6.45, 7) is 5.74. The van der Waals surface area contributed by atoms with Gasteiger partial charge in [-0.1, -0.05) is 13.8 Å². The molecule has 7 heteroatoms. The maximum absolute atomic E-state index is 12.6. The van der Waals surface area contributed by atoms with Crippen molar-refractivity contribution >= 4 is 5.95 Å². The molecule has 0 spiro atoms. The van der Waals surface area contributed by atoms with Crippen molar-refractivity contribution in [2.75, 3.05) is 18.4 Å². The molecular weight excluding hydrogens is 269 g/mol. The fraction of sp³-hybridized carbons (Fsp3) is 0.692. The summed E-state index contributed by atoms with van der Waals surface area (Å²) in [7, 11) is 0. The lowest BCUT2D eigenvalue weighted by molar-refractivity contribution is -0.141. The van der Waals surface area contributed by atoms with Crippen LogP contribution in [-0.2, 0) is 6.18 Å². The second kappa shape index (κ2) is 5.55. The molecule has 0 amide bonds. The largest absolute Gasteiger partial charge is 0.433 e. The molecule has 1 aromatic rings. The Hall–Kier alpha value is -1.37. The van der Waals surface area contributed by atoms with E-state index in [-0.39, 0.29) is 17.4 Å². The molecule has 2 rings (SSSR count). The molecular formula is C13H19F3N4. The van der Waals surface area contributed by atoms with Crippen molar-refractivity contribution < 1.29 is 13.2 Å². The maximum Gasteiger partial charge on any atom is 0.433 e. The lowest BCUT2D eigenvalue weighted by atomic mass is 9.77. The number of alkyl halides is 3. The van der Waals surface area contributed by atoms with Crippen molar-refractivity contribution in [2.24, 2.45) is 5.41 Å². The quantitative estimate of drug-likeness (QED) is 0.898. The molecule has 0 aromatic carbocycles. The predicted octanol–water partition coefficient (Wildman–Crippen LogP) is 2.69. The summed E-state index contributed by atoms with van der Waals surface area (Å²) in [6.07, 6.45) is -1.11. The van der Waals surface area contributed by atoms with Gasteiger partial charge in [-0.15, -0.1) is 0 Å². The number of anilines is 1. The molecule has 1 aliphatic heterocycles. The van der Waals surface area contributed by atoms with E-state index in [0.717, 1.165) is 31.6 Å². The highest BCUT2D eigenvalue weighted by atomic mass is 19.4. The number of nitrogens with zero attached hydrogens (tertiary/aromatic N) is 2. The molecule has 4 nitrogen and oxygen atoms in total. The molecule has 2 N–H and O–H groups in total. The van der Waals surface area contributed by atoms with Crippen LogP contribution in [0.5, 0.6) is 0 Å². The average Bonchev–Trinajstić information content (AvgIpc) is 2.36. The smallest absolute Gasteiger partial charge is 0.353 e. The van der Waals surface area contributed by atoms with Gasteiger partial charge in [0.1, 0.15) is 5.69 Å². The molecule has 1 aromatic heterocycles. The molecule has 0 aliphatic carbocycles. The highest BCUT2D eigenvalue weighted by Gasteiger charge is 2.34. The molecule has 0 radical (unpaired) electrons. The minimum Gasteiger partial charge on any atom is -0.353 e. The SMILES string of the molecule is CC1(C)CCCNC1CNc1nccc(C(F)(F)F)n1. The van der Waals surface area contributed by atoms with Crippen molar-refractivity contribution in [3.8, 4) is 0 Å². The summed E-state index contributed by atoms with van der Waals surface area (Å²) in [6, 6.07) is 1.06. The number of hydrogen-bond donors (Lipinski definition) is 2. The predicted molar refractivity (Wildman–Crippen MR) is 70.3 cm³/mol. The molecule has 112 valence electrons. The maximum atomic E-state index is 12.6. The van der Waals surface area contributed by atoms with E-state index < -0.39 is 11.9 Å². The number of hydrogen-bond acceptors (Lipinski definition) is 4. The Morgan fingerprint density at radius 3 is 2.85 bits per heavy atom. The van der Waals surface area contributed by atoms with Crippen LogP contribution in [0.4, 0.5) is 19.1 Å². The van der Waals surface area contributed by atoms with Gasteiger partial charge in [-0.25, -0.2) is 9.97 Å². The number of rotatable bonds is 3. The fourth-order valence-corrected chi connectivity index (χ4v) is 2.41. The molecule has 1 fully saturated rings. The molecule has 20 heavy (non-hydrogen) atoms. The molecule has 0 bridgehead atoms. The number of piperidine rings is 1. The van der Waals surface area contributed by atoms with Gasteiger partial charge < -0.3 is 10.6 Å². The topological polar surface area (TPSA) is 49.8 Å². The normalized spacial score (nSPS) is 22.6. The van der Waals surface area contributed by atoms with Gasteiger partial charge in [-0.2, -0.15) is 13.2 Å². The second-order valence-electron chi connectivity index (χ2n) is 5.74. The number of halogens is 3. The zero-order chi connectivity index (χ0) is 14.8. The van der Waals surface area contributed by atoms with Crippen LogP contribution >= 0.6 is 0 Å². The summed E-state index contributed by atoms with van der Waals surface area (Å²) in [5.74, 6) is 0.0167. The van der Waals surface area contributed by atoms with Gasteiger partial charge in [-0.3, -0.25) is 0 Å². The standard InChI is InChI=1S/C13H19F3N4/c1-12(2)5-3-6-17-10(12)8-19-11-18-7-4-9(20-11)13(14,15)16/h4,7,10,17H,3,5-6,8H2,1-2H3,(H,18,19,20). The Bertz CT molecular complexity index is 459. The third kappa shape index (κ3) is 3.59. The monoisotopic (exact) mass is 288 g/mol. The van der Waals surface area contributed by atoms with Crippen molar-refractivity contribution in [2.45, 2.75) is 38.9 Å². The molecule has 1 unspecified atom stereocenters. The lowest BCUT2D eigenvalue weighted by Crippen LogP contribution is -2.50. The Kier molecular flexibility index (Phi) is 4.17. The van der Waals surface area contributed by atoms with E-state index in [4.69, 9.17) is 0 Å². The number of nitrogens with one attached hydrogen (secondary N) is 2. The number of aromatic nitrogens is 2. The third-order valence-electron chi connectivity index (χ3n) is 3.74. The fourth-order valence-electron chi connectivity index (χ4n) is 2.41. The Balaban J connectivity index is 2.00. The zero-order valence-electron chi connectivity index (χ0n) is 11.6. The van der Waals surface area contributed by atoms with Crippen LogP contribution in [0.25, 0.3) is 0 Å². The lowest BCUT2D eigenvalue weighted by Gasteiger charge is -2.39. The van der Waals surface area contributed by atoms with E-state index >= 15 is 0 Å². The van der Waals surface area contributed by atoms with Crippen LogP contribution in [-0.4, -0.2) is 29.1 Å². The second-order valence-corrected chi connectivity index (χ2v) is 5.74. The zero-order valence-corrected chi connectivity index (χ0v) is 11.6. The van der Waals surface area contributed by atoms with Crippen LogP contribution < -0.4 is 10.6 Å². The van der Waals surface area contributed by atoms with E-state index in [1.165, 1.54) is 0 Å². The Morgan fingerprint density at radius 1 is 1.45 bits per heavy atom. The van der Waals surface area contributed by atoms with Gasteiger partial charge in [-0.05, 0) is 30.9 Å². The van der Waals surface area contributed by atoms with Crippen LogP contribution in [0.2, 0.25) is 0 Å². The minimum atomic E-state index is -4.44. The summed E-state index contributed by atoms with van der Waals surface area (Å²) >= 11 is 0. The van der Waals surface area contributed by atoms with Gasteiger partial charge in [0.25, 0.3) is 0 Å². The summed E-state index contributed by atoms with van der Waals surface area (Å²) in [5, 5.41) is 6.28. The highest BCUT2D eigenvalue weighted by Crippen LogP contribution is 2.30. The summed E-state index contributed by atoms with van der Waals surface area (Å²) in [5.41, 5.74) is -0.821. The van der Waals surface area contributed by atoms with E-state index in [1.807, 2.05) is 0 Å². The highest BCUT2D eigenvalue weighted by molar-refractivity contribution is 5.26. The van der Waals surface area contributed by atoms with E-state index in [9.17, 15) is 13.2 Å². The first-order valence-corrected chi connectivity index (χ1v) is 6.66. The van der Waals surface area contributed by atoms with Crippen molar-refractivity contribution in [1.82, 2.24) is 15.3 Å². The van der Waals surface area contributed by atoms with Gasteiger partial charge in [0, 0.05) is 18.8 Å². The average molecular weight is 288 g/mol. The van der Waals surface area contributed by atoms with Crippen molar-refractivity contribution in [3.05, 3.63) is 18.0 Å². The van der Waals surface area contributed by atoms with E-state index in [1.54, 1.807) is 0 Å². The molecule has 1 saturated heterocycles. The van der Waals surface area contributed by atoms with Crippen molar-refractivity contribution in [3.63, 3.8) is 0 Å². The first-order valence-electron chi connectivity index (χ1n) is 6.66. The summed E-state index contributed by atoms with van der Waals surface area (Å²) in [4.78, 5) is 7.34.